The number of rotatable bonds is 4. The molecule has 1 fully saturated rings. The van der Waals surface area contributed by atoms with E-state index in [0.29, 0.717) is 11.3 Å². The molecule has 0 atom stereocenters. The number of para-hydroxylation sites is 1. The fourth-order valence-electron chi connectivity index (χ4n) is 3.98. The second kappa shape index (κ2) is 8.09. The molecule has 0 spiro atoms. The summed E-state index contributed by atoms with van der Waals surface area (Å²) in [6.07, 6.45) is 2.21. The number of nitrogens with one attached hydrogen (secondary N) is 1. The Kier molecular flexibility index (Phi) is 5.36. The van der Waals surface area contributed by atoms with E-state index in [1.54, 1.807) is 24.3 Å². The number of carbonyl (C=O) groups excluding carboxylic acids is 2. The van der Waals surface area contributed by atoms with Gasteiger partial charge in [-0.2, -0.15) is 0 Å². The van der Waals surface area contributed by atoms with Gasteiger partial charge in [0.1, 0.15) is 0 Å². The van der Waals surface area contributed by atoms with E-state index in [9.17, 15) is 9.59 Å². The van der Waals surface area contributed by atoms with E-state index in [-0.39, 0.29) is 11.8 Å². The lowest BCUT2D eigenvalue weighted by Gasteiger charge is -2.34. The van der Waals surface area contributed by atoms with Crippen molar-refractivity contribution in [3.05, 3.63) is 65.9 Å². The predicted molar refractivity (Wildman–Crippen MR) is 115 cm³/mol. The highest BCUT2D eigenvalue weighted by molar-refractivity contribution is 5.95. The summed E-state index contributed by atoms with van der Waals surface area (Å²) in [5, 5.41) is 4.02. The van der Waals surface area contributed by atoms with Crippen LogP contribution in [0.5, 0.6) is 0 Å². The van der Waals surface area contributed by atoms with Crippen molar-refractivity contribution in [3.8, 4) is 0 Å². The number of benzene rings is 2. The molecule has 2 heterocycles. The molecule has 1 saturated heterocycles. The van der Waals surface area contributed by atoms with Gasteiger partial charge in [0.05, 0.1) is 0 Å². The van der Waals surface area contributed by atoms with E-state index in [0.717, 1.165) is 32.7 Å². The van der Waals surface area contributed by atoms with Crippen molar-refractivity contribution in [1.82, 2.24) is 14.4 Å². The third-order valence-corrected chi connectivity index (χ3v) is 5.49. The standard InChI is InChI=1S/C23H26N4O2/c1-17(28)24-20-9-7-18(8-10-20)23(29)27-13-11-26(12-14-27)16-19-15-25(2)22-6-4-3-5-21(19)22/h3-10,15H,11-14,16H2,1-2H3,(H,24,28). The van der Waals surface area contributed by atoms with Crippen LogP contribution in [0.15, 0.2) is 54.7 Å². The topological polar surface area (TPSA) is 57.6 Å². The SMILES string of the molecule is CC(=O)Nc1ccc(C(=O)N2CCN(Cc3cn(C)c4ccccc34)CC2)cc1. The van der Waals surface area contributed by atoms with E-state index in [1.807, 2.05) is 4.90 Å². The molecular weight excluding hydrogens is 364 g/mol. The van der Waals surface area contributed by atoms with Crippen molar-refractivity contribution in [2.24, 2.45) is 7.05 Å². The highest BCUT2D eigenvalue weighted by atomic mass is 16.2. The Hall–Kier alpha value is -3.12. The predicted octanol–water partition coefficient (Wildman–Crippen LogP) is 3.09. The van der Waals surface area contributed by atoms with Crippen molar-refractivity contribution in [3.63, 3.8) is 0 Å². The average Bonchev–Trinajstić information content (AvgIpc) is 3.04. The number of aromatic nitrogens is 1. The minimum Gasteiger partial charge on any atom is -0.350 e. The summed E-state index contributed by atoms with van der Waals surface area (Å²) in [6, 6.07) is 15.6. The Morgan fingerprint density at radius 2 is 1.66 bits per heavy atom. The van der Waals surface area contributed by atoms with Crippen molar-refractivity contribution in [2.45, 2.75) is 13.5 Å². The number of aryl methyl sites for hydroxylation is 1. The molecule has 0 saturated carbocycles. The van der Waals surface area contributed by atoms with E-state index in [4.69, 9.17) is 0 Å². The number of anilines is 1. The zero-order valence-corrected chi connectivity index (χ0v) is 16.9. The van der Waals surface area contributed by atoms with E-state index >= 15 is 0 Å². The molecule has 4 rings (SSSR count). The Morgan fingerprint density at radius 1 is 0.966 bits per heavy atom. The third-order valence-electron chi connectivity index (χ3n) is 5.49. The van der Waals surface area contributed by atoms with Gasteiger partial charge in [0.2, 0.25) is 5.91 Å². The van der Waals surface area contributed by atoms with Crippen molar-refractivity contribution >= 4 is 28.4 Å². The fraction of sp³-hybridized carbons (Fsp3) is 0.304. The zero-order valence-electron chi connectivity index (χ0n) is 16.9. The molecule has 29 heavy (non-hydrogen) atoms. The minimum absolute atomic E-state index is 0.0455. The van der Waals surface area contributed by atoms with Crippen molar-refractivity contribution in [1.29, 1.82) is 0 Å². The fourth-order valence-corrected chi connectivity index (χ4v) is 3.98. The normalized spacial score (nSPS) is 14.9. The third kappa shape index (κ3) is 4.17. The van der Waals surface area contributed by atoms with Crippen LogP contribution in [0.25, 0.3) is 10.9 Å². The highest BCUT2D eigenvalue weighted by Crippen LogP contribution is 2.22. The van der Waals surface area contributed by atoms with Crippen LogP contribution in [-0.4, -0.2) is 52.4 Å². The highest BCUT2D eigenvalue weighted by Gasteiger charge is 2.23. The lowest BCUT2D eigenvalue weighted by Crippen LogP contribution is -2.48. The Morgan fingerprint density at radius 3 is 2.34 bits per heavy atom. The van der Waals surface area contributed by atoms with E-state index < -0.39 is 0 Å². The number of piperazine rings is 1. The van der Waals surface area contributed by atoms with Crippen molar-refractivity contribution < 1.29 is 9.59 Å². The Bertz CT molecular complexity index is 1030. The first-order valence-electron chi connectivity index (χ1n) is 9.93. The first-order chi connectivity index (χ1) is 14.0. The molecule has 0 aliphatic carbocycles. The summed E-state index contributed by atoms with van der Waals surface area (Å²) in [5.74, 6) is -0.0735. The number of hydrogen-bond donors (Lipinski definition) is 1. The Labute approximate surface area is 170 Å². The van der Waals surface area contributed by atoms with Crippen molar-refractivity contribution in [2.75, 3.05) is 31.5 Å². The monoisotopic (exact) mass is 390 g/mol. The molecule has 1 aliphatic heterocycles. The zero-order chi connectivity index (χ0) is 20.4. The largest absolute Gasteiger partial charge is 0.350 e. The first-order valence-corrected chi connectivity index (χ1v) is 9.93. The molecule has 3 aromatic rings. The van der Waals surface area contributed by atoms with Crippen LogP contribution < -0.4 is 5.32 Å². The smallest absolute Gasteiger partial charge is 0.253 e. The summed E-state index contributed by atoms with van der Waals surface area (Å²) in [4.78, 5) is 28.2. The van der Waals surface area contributed by atoms with Gasteiger partial charge in [0.15, 0.2) is 0 Å². The number of fused-ring (bicyclic) bond motifs is 1. The molecular formula is C23H26N4O2. The average molecular weight is 390 g/mol. The lowest BCUT2D eigenvalue weighted by molar-refractivity contribution is -0.114. The summed E-state index contributed by atoms with van der Waals surface area (Å²) >= 11 is 0. The summed E-state index contributed by atoms with van der Waals surface area (Å²) in [6.45, 7) is 5.53. The van der Waals surface area contributed by atoms with Crippen LogP contribution in [0.1, 0.15) is 22.8 Å². The maximum atomic E-state index is 12.8. The van der Waals surface area contributed by atoms with Gasteiger partial charge in [-0.1, -0.05) is 18.2 Å². The molecule has 2 amide bonds. The van der Waals surface area contributed by atoms with Gasteiger partial charge < -0.3 is 14.8 Å². The second-order valence-electron chi connectivity index (χ2n) is 7.61. The quantitative estimate of drug-likeness (QED) is 0.745. The van der Waals surface area contributed by atoms with Crippen LogP contribution in [0.4, 0.5) is 5.69 Å². The van der Waals surface area contributed by atoms with Gasteiger partial charge in [-0.05, 0) is 35.9 Å². The van der Waals surface area contributed by atoms with E-state index in [2.05, 4.69) is 52.3 Å². The molecule has 150 valence electrons. The molecule has 0 bridgehead atoms. The molecule has 0 unspecified atom stereocenters. The second-order valence-corrected chi connectivity index (χ2v) is 7.61. The summed E-state index contributed by atoms with van der Waals surface area (Å²) < 4.78 is 2.18. The number of nitrogens with zero attached hydrogens (tertiary/aromatic N) is 3. The molecule has 1 aliphatic rings. The summed E-state index contributed by atoms with van der Waals surface area (Å²) in [7, 11) is 2.08. The minimum atomic E-state index is -0.119. The van der Waals surface area contributed by atoms with Gasteiger partial charge in [0.25, 0.3) is 5.91 Å². The van der Waals surface area contributed by atoms with Gasteiger partial charge in [-0.3, -0.25) is 14.5 Å². The van der Waals surface area contributed by atoms with E-state index in [1.165, 1.54) is 23.4 Å². The maximum Gasteiger partial charge on any atom is 0.253 e. The number of hydrogen-bond acceptors (Lipinski definition) is 3. The van der Waals surface area contributed by atoms with Crippen LogP contribution in [0, 0.1) is 0 Å². The molecule has 6 heteroatoms. The Balaban J connectivity index is 1.36. The van der Waals surface area contributed by atoms with Gasteiger partial charge in [0, 0.05) is 75.0 Å². The van der Waals surface area contributed by atoms with Gasteiger partial charge in [-0.15, -0.1) is 0 Å². The van der Waals surface area contributed by atoms with Crippen LogP contribution in [0.3, 0.4) is 0 Å². The maximum absolute atomic E-state index is 12.8. The number of carbonyl (C=O) groups is 2. The van der Waals surface area contributed by atoms with Gasteiger partial charge in [-0.25, -0.2) is 0 Å². The molecule has 1 N–H and O–H groups in total. The summed E-state index contributed by atoms with van der Waals surface area (Å²) in [5.41, 5.74) is 3.94. The lowest BCUT2D eigenvalue weighted by atomic mass is 10.1. The van der Waals surface area contributed by atoms with Gasteiger partial charge >= 0.3 is 0 Å². The molecule has 1 aromatic heterocycles. The van der Waals surface area contributed by atoms with Crippen LogP contribution in [-0.2, 0) is 18.4 Å². The van der Waals surface area contributed by atoms with Crippen LogP contribution in [0.2, 0.25) is 0 Å². The first kappa shape index (κ1) is 19.2. The molecule has 0 radical (unpaired) electrons. The molecule has 2 aromatic carbocycles. The number of amides is 2. The van der Waals surface area contributed by atoms with Crippen LogP contribution >= 0.6 is 0 Å². The molecule has 6 nitrogen and oxygen atoms in total.